The zero-order valence-electron chi connectivity index (χ0n) is 82.3. The SMILES string of the molecule is CC(C)(c1ccc(OCC2CO2)cc1)c1ccc(OCC2CO2)cc1.CC(C)(c1ccc(OCC2CO2)cc1)c1ccc(OCC2CO2)cc1.CC(c1ccccc1)(c1ccc(O)cc1)c1ccc(O)cc1.CCC(O)COCC(C)(C)CCCC(O)CSCS(=O)(=O)COC.CCC(O)COCC(C)(C)COCC(O)COCC(C)(C)COC.O=S(=O)(c1ccc(O)cc1)c1ccc(O)cc1. The maximum absolute atomic E-state index is 12.1. The Morgan fingerprint density at radius 1 is 0.358 bits per heavy atom. The molecule has 4 heterocycles. The van der Waals surface area contributed by atoms with Crippen molar-refractivity contribution in [3.8, 4) is 46.0 Å². The molecule has 29 heteroatoms. The summed E-state index contributed by atoms with van der Waals surface area (Å²) in [5.74, 6) is 4.21. The molecule has 8 atom stereocenters. The standard InChI is InChI=1S/2C21H24O4.C20H18O2.C18H38O6.C16H34O6S2.C12H10O4S/c2*1-21(2,15-3-7-17(8-4-15)22-11-19-13-24-19)16-5-9-18(10-6-16)23-12-20-14-25-20;1-20(15-5-3-2-4-6-15,16-7-11-18(21)12-8-16)17-9-13-19(22)14-10-17;1-7-15(19)8-22-13-18(4,5)14-24-10-16(20)9-23-12-17(2,3)11-21-6;1-5-14(17)9-22-11-16(2,3)8-6-7-15(18)10-23-13-24(19,20)12-21-4;13-9-1-5-11(6-2-9)17(15,16)12-7-3-10(14)4-8-12/h2*3-10,19-20H,11-14H2,1-2H3;2-14,21-22H,1H3;15-16,19-20H,7-14H2,1-6H3;14-15,17-18H,5-13H2,1-4H3;1-8,13-14H. The summed E-state index contributed by atoms with van der Waals surface area (Å²) >= 11 is 1.22. The third-order valence-electron chi connectivity index (χ3n) is 23.1. The lowest BCUT2D eigenvalue weighted by atomic mass is 9.71. The van der Waals surface area contributed by atoms with Crippen molar-refractivity contribution in [2.45, 2.75) is 197 Å². The highest BCUT2D eigenvalue weighted by molar-refractivity contribution is 8.12. The minimum atomic E-state index is -3.59. The maximum atomic E-state index is 12.1. The fourth-order valence-electron chi connectivity index (χ4n) is 14.0. The van der Waals surface area contributed by atoms with E-state index >= 15 is 0 Å². The molecule has 137 heavy (non-hydrogen) atoms. The zero-order valence-corrected chi connectivity index (χ0v) is 84.8. The van der Waals surface area contributed by atoms with Crippen molar-refractivity contribution >= 4 is 31.4 Å². The van der Waals surface area contributed by atoms with Crippen molar-refractivity contribution in [3.63, 3.8) is 0 Å². The first-order valence-corrected chi connectivity index (χ1v) is 51.2. The molecule has 9 aromatic rings. The lowest BCUT2D eigenvalue weighted by Gasteiger charge is -2.32. The van der Waals surface area contributed by atoms with E-state index in [0.717, 1.165) is 79.0 Å². The molecule has 0 radical (unpaired) electrons. The summed E-state index contributed by atoms with van der Waals surface area (Å²) in [7, 11) is -3.77. The molecule has 4 aliphatic heterocycles. The number of ether oxygens (including phenoxy) is 14. The van der Waals surface area contributed by atoms with Crippen LogP contribution >= 0.6 is 11.8 Å². The number of rotatable bonds is 51. The average Bonchev–Trinajstić information content (AvgIpc) is 1.55. The minimum Gasteiger partial charge on any atom is -0.508 e. The van der Waals surface area contributed by atoms with E-state index in [1.165, 1.54) is 89.7 Å². The summed E-state index contributed by atoms with van der Waals surface area (Å²) < 4.78 is 123. The molecule has 754 valence electrons. The Hall–Kier alpha value is -8.93. The molecule has 13 rings (SSSR count). The van der Waals surface area contributed by atoms with E-state index in [9.17, 15) is 47.5 Å². The number of aromatic hydroxyl groups is 4. The van der Waals surface area contributed by atoms with E-state index in [0.29, 0.717) is 97.7 Å². The van der Waals surface area contributed by atoms with Gasteiger partial charge in [0.05, 0.1) is 119 Å². The van der Waals surface area contributed by atoms with E-state index in [1.54, 1.807) is 31.4 Å². The number of aliphatic hydroxyl groups is 4. The Labute approximate surface area is 816 Å². The number of hydrogen-bond donors (Lipinski definition) is 8. The fraction of sp³-hybridized carbons (Fsp3) is 0.500. The van der Waals surface area contributed by atoms with Gasteiger partial charge in [0.25, 0.3) is 0 Å². The van der Waals surface area contributed by atoms with Crippen molar-refractivity contribution < 1.29 is 124 Å². The summed E-state index contributed by atoms with van der Waals surface area (Å²) in [6.45, 7) is 36.9. The Morgan fingerprint density at radius 2 is 0.642 bits per heavy atom. The van der Waals surface area contributed by atoms with Crippen LogP contribution in [0.15, 0.2) is 234 Å². The van der Waals surface area contributed by atoms with Gasteiger partial charge >= 0.3 is 0 Å². The highest BCUT2D eigenvalue weighted by Gasteiger charge is 2.34. The zero-order chi connectivity index (χ0) is 99.9. The molecule has 0 bridgehead atoms. The molecular formula is C108H148O26S3. The smallest absolute Gasteiger partial charge is 0.206 e. The van der Waals surface area contributed by atoms with Crippen LogP contribution in [0.25, 0.3) is 0 Å². The van der Waals surface area contributed by atoms with Crippen LogP contribution in [0, 0.1) is 16.2 Å². The summed E-state index contributed by atoms with van der Waals surface area (Å²) in [6, 6.07) is 68.8. The fourth-order valence-corrected chi connectivity index (χ4v) is 17.7. The van der Waals surface area contributed by atoms with Crippen molar-refractivity contribution in [1.29, 1.82) is 0 Å². The number of methoxy groups -OCH3 is 2. The van der Waals surface area contributed by atoms with Gasteiger partial charge in [-0.1, -0.05) is 193 Å². The van der Waals surface area contributed by atoms with Gasteiger partial charge in [-0.2, -0.15) is 0 Å². The Balaban J connectivity index is 0.000000203. The van der Waals surface area contributed by atoms with Gasteiger partial charge in [-0.3, -0.25) is 0 Å². The molecule has 4 saturated heterocycles. The van der Waals surface area contributed by atoms with Gasteiger partial charge in [0, 0.05) is 47.0 Å². The van der Waals surface area contributed by atoms with E-state index in [-0.39, 0.29) is 114 Å². The van der Waals surface area contributed by atoms with Crippen LogP contribution < -0.4 is 18.9 Å². The summed E-state index contributed by atoms with van der Waals surface area (Å²) in [4.78, 5) is 0.196. The predicted molar refractivity (Wildman–Crippen MR) is 534 cm³/mol. The highest BCUT2D eigenvalue weighted by atomic mass is 32.3. The van der Waals surface area contributed by atoms with Gasteiger partial charge < -0.3 is 107 Å². The van der Waals surface area contributed by atoms with Crippen LogP contribution in [0.3, 0.4) is 0 Å². The normalized spacial score (nSPS) is 16.5. The quantitative estimate of drug-likeness (QED) is 0.0130. The van der Waals surface area contributed by atoms with Gasteiger partial charge in [0.1, 0.15) is 109 Å². The number of phenolic OH excluding ortho intramolecular Hbond substituents is 4. The molecule has 9 aromatic carbocycles. The first-order chi connectivity index (χ1) is 65.1. The van der Waals surface area contributed by atoms with Gasteiger partial charge in [-0.05, 0) is 198 Å². The lowest BCUT2D eigenvalue weighted by molar-refractivity contribution is -0.0697. The number of thioether (sulfide) groups is 1. The van der Waals surface area contributed by atoms with Crippen molar-refractivity contribution in [2.75, 3.05) is 143 Å². The van der Waals surface area contributed by atoms with Crippen LogP contribution in [-0.4, -0.2) is 250 Å². The van der Waals surface area contributed by atoms with E-state index in [2.05, 4.69) is 128 Å². The topological polar surface area (TPSA) is 373 Å². The second kappa shape index (κ2) is 55.3. The third kappa shape index (κ3) is 41.4. The van der Waals surface area contributed by atoms with E-state index in [1.807, 2.05) is 119 Å². The van der Waals surface area contributed by atoms with Crippen molar-refractivity contribution in [1.82, 2.24) is 0 Å². The van der Waals surface area contributed by atoms with Gasteiger partial charge in [-0.15, -0.1) is 11.8 Å². The van der Waals surface area contributed by atoms with E-state index < -0.39 is 44.1 Å². The molecule has 8 N–H and O–H groups in total. The predicted octanol–water partition coefficient (Wildman–Crippen LogP) is 17.4. The average molecular weight is 1960 g/mol. The van der Waals surface area contributed by atoms with Crippen molar-refractivity contribution in [2.24, 2.45) is 16.2 Å². The number of epoxide rings is 4. The van der Waals surface area contributed by atoms with E-state index in [4.69, 9.17) is 71.8 Å². The largest absolute Gasteiger partial charge is 0.508 e. The minimum absolute atomic E-state index is 0.00894. The van der Waals surface area contributed by atoms with Crippen LogP contribution in [0.4, 0.5) is 0 Å². The van der Waals surface area contributed by atoms with Crippen LogP contribution in [0.5, 0.6) is 46.0 Å². The molecule has 0 aliphatic carbocycles. The maximum Gasteiger partial charge on any atom is 0.206 e. The molecular weight excluding hydrogens is 1810 g/mol. The Bertz CT molecular complexity index is 4760. The summed E-state index contributed by atoms with van der Waals surface area (Å²) in [6.07, 6.45) is 2.90. The third-order valence-corrected chi connectivity index (χ3v) is 28.2. The van der Waals surface area contributed by atoms with Crippen molar-refractivity contribution in [3.05, 3.63) is 263 Å². The lowest BCUT2D eigenvalue weighted by Crippen LogP contribution is -2.32. The molecule has 8 unspecified atom stereocenters. The molecule has 0 amide bonds. The second-order valence-electron chi connectivity index (χ2n) is 38.4. The monoisotopic (exact) mass is 1960 g/mol. The van der Waals surface area contributed by atoms with Crippen LogP contribution in [0.2, 0.25) is 0 Å². The molecule has 26 nitrogen and oxygen atoms in total. The number of phenols is 4. The summed E-state index contributed by atoms with van der Waals surface area (Å²) in [5.41, 5.74) is 7.55. The molecule has 4 aliphatic rings. The Morgan fingerprint density at radius 3 is 0.942 bits per heavy atom. The molecule has 0 spiro atoms. The van der Waals surface area contributed by atoms with Gasteiger partial charge in [0.15, 0.2) is 9.84 Å². The Kier molecular flexibility index (Phi) is 45.8. The number of hydrogen-bond acceptors (Lipinski definition) is 27. The number of sulfone groups is 2. The molecule has 0 aromatic heterocycles. The van der Waals surface area contributed by atoms with Crippen LogP contribution in [0.1, 0.15) is 161 Å². The number of benzene rings is 9. The summed E-state index contributed by atoms with van der Waals surface area (Å²) in [5, 5.41) is 76.1. The van der Waals surface area contributed by atoms with Crippen LogP contribution in [-0.2, 0) is 83.3 Å². The first-order valence-electron chi connectivity index (χ1n) is 46.7. The van der Waals surface area contributed by atoms with Gasteiger partial charge in [-0.25, -0.2) is 16.8 Å². The first kappa shape index (κ1) is 113. The number of aliphatic hydroxyl groups excluding tert-OH is 4. The molecule has 4 fully saturated rings. The van der Waals surface area contributed by atoms with Gasteiger partial charge in [0.2, 0.25) is 9.84 Å². The molecule has 0 saturated carbocycles. The highest BCUT2D eigenvalue weighted by Crippen LogP contribution is 2.41. The second-order valence-corrected chi connectivity index (χ2v) is 43.8.